The molecule has 1 aliphatic carbocycles. The first kappa shape index (κ1) is 15.1. The summed E-state index contributed by atoms with van der Waals surface area (Å²) in [5, 5.41) is 20.6. The van der Waals surface area contributed by atoms with Crippen molar-refractivity contribution in [1.29, 1.82) is 0 Å². The van der Waals surface area contributed by atoms with E-state index in [1.54, 1.807) is 0 Å². The number of ether oxygens (including phenoxy) is 1. The molecule has 7 nitrogen and oxygen atoms in total. The van der Waals surface area contributed by atoms with Crippen molar-refractivity contribution in [3.63, 3.8) is 0 Å². The summed E-state index contributed by atoms with van der Waals surface area (Å²) in [6, 6.07) is 0. The molecular weight excluding hydrogens is 295 g/mol. The lowest BCUT2D eigenvalue weighted by molar-refractivity contribution is -0.0884. The summed E-state index contributed by atoms with van der Waals surface area (Å²) >= 11 is 0. The van der Waals surface area contributed by atoms with Gasteiger partial charge in [-0.15, -0.1) is 6.58 Å². The van der Waals surface area contributed by atoms with Gasteiger partial charge < -0.3 is 14.9 Å². The second-order valence-electron chi connectivity index (χ2n) is 5.91. The topological polar surface area (TPSA) is 105 Å². The van der Waals surface area contributed by atoms with Gasteiger partial charge in [-0.05, 0) is 13.3 Å². The van der Waals surface area contributed by atoms with Gasteiger partial charge in [-0.1, -0.05) is 6.08 Å². The molecular formula is C14H17FN2O5. The van der Waals surface area contributed by atoms with Gasteiger partial charge in [0.2, 0.25) is 0 Å². The summed E-state index contributed by atoms with van der Waals surface area (Å²) in [7, 11) is 0. The minimum absolute atomic E-state index is 0.0446. The smallest absolute Gasteiger partial charge is 0.330 e. The number of aromatic nitrogens is 2. The van der Waals surface area contributed by atoms with Crippen molar-refractivity contribution < 1.29 is 19.3 Å². The number of fused-ring (bicyclic) bond motifs is 1. The second kappa shape index (κ2) is 4.87. The first-order chi connectivity index (χ1) is 10.3. The van der Waals surface area contributed by atoms with Crippen LogP contribution in [0.4, 0.5) is 4.39 Å². The monoisotopic (exact) mass is 312 g/mol. The maximum Gasteiger partial charge on any atom is 0.330 e. The highest BCUT2D eigenvalue weighted by atomic mass is 19.1. The zero-order valence-corrected chi connectivity index (χ0v) is 11.9. The SMILES string of the molecule is C=CC1CC2(O)C(F)C(n3cc(C)c(=O)[nH]c3=O)OC2C1O. The zero-order chi connectivity index (χ0) is 16.2. The summed E-state index contributed by atoms with van der Waals surface area (Å²) < 4.78 is 21.1. The van der Waals surface area contributed by atoms with Crippen molar-refractivity contribution in [3.05, 3.63) is 45.3 Å². The Labute approximate surface area is 124 Å². The minimum atomic E-state index is -1.92. The summed E-state index contributed by atoms with van der Waals surface area (Å²) in [4.78, 5) is 25.3. The predicted octanol–water partition coefficient (Wildman–Crippen LogP) is -0.622. The Morgan fingerprint density at radius 3 is 2.86 bits per heavy atom. The fourth-order valence-electron chi connectivity index (χ4n) is 3.27. The molecule has 1 aromatic rings. The van der Waals surface area contributed by atoms with Crippen molar-refractivity contribution in [2.24, 2.45) is 5.92 Å². The van der Waals surface area contributed by atoms with Crippen LogP contribution in [0.2, 0.25) is 0 Å². The summed E-state index contributed by atoms with van der Waals surface area (Å²) in [6.07, 6.45) is -3.00. The van der Waals surface area contributed by atoms with Crippen LogP contribution in [0.1, 0.15) is 18.2 Å². The predicted molar refractivity (Wildman–Crippen MR) is 74.1 cm³/mol. The van der Waals surface area contributed by atoms with Crippen LogP contribution in [-0.4, -0.2) is 43.7 Å². The molecule has 6 unspecified atom stereocenters. The number of hydrogen-bond donors (Lipinski definition) is 3. The van der Waals surface area contributed by atoms with Crippen molar-refractivity contribution in [3.8, 4) is 0 Å². The molecule has 3 rings (SSSR count). The quantitative estimate of drug-likeness (QED) is 0.631. The van der Waals surface area contributed by atoms with Gasteiger partial charge >= 0.3 is 5.69 Å². The number of hydrogen-bond acceptors (Lipinski definition) is 5. The normalized spacial score (nSPS) is 40.6. The van der Waals surface area contributed by atoms with Gasteiger partial charge in [0.1, 0.15) is 11.7 Å². The molecule has 1 saturated heterocycles. The molecule has 0 spiro atoms. The molecule has 2 aliphatic rings. The first-order valence-corrected chi connectivity index (χ1v) is 6.94. The Kier molecular flexibility index (Phi) is 3.35. The maximum atomic E-state index is 14.7. The molecule has 0 bridgehead atoms. The van der Waals surface area contributed by atoms with Crippen LogP contribution in [0, 0.1) is 12.8 Å². The van der Waals surface area contributed by atoms with Crippen LogP contribution in [-0.2, 0) is 4.74 Å². The molecule has 1 saturated carbocycles. The lowest BCUT2D eigenvalue weighted by Gasteiger charge is -2.23. The molecule has 1 aromatic heterocycles. The van der Waals surface area contributed by atoms with Crippen molar-refractivity contribution in [2.75, 3.05) is 0 Å². The minimum Gasteiger partial charge on any atom is -0.390 e. The van der Waals surface area contributed by atoms with Crippen molar-refractivity contribution in [2.45, 2.75) is 43.6 Å². The lowest BCUT2D eigenvalue weighted by Crippen LogP contribution is -2.45. The molecule has 0 radical (unpaired) electrons. The number of rotatable bonds is 2. The fraction of sp³-hybridized carbons (Fsp3) is 0.571. The average molecular weight is 312 g/mol. The van der Waals surface area contributed by atoms with Gasteiger partial charge in [0.15, 0.2) is 12.4 Å². The number of H-pyrrole nitrogens is 1. The van der Waals surface area contributed by atoms with E-state index in [4.69, 9.17) is 4.74 Å². The molecule has 22 heavy (non-hydrogen) atoms. The third-order valence-corrected chi connectivity index (χ3v) is 4.54. The zero-order valence-electron chi connectivity index (χ0n) is 11.9. The highest BCUT2D eigenvalue weighted by molar-refractivity contribution is 5.16. The Morgan fingerprint density at radius 2 is 2.27 bits per heavy atom. The third-order valence-electron chi connectivity index (χ3n) is 4.54. The Balaban J connectivity index is 2.01. The van der Waals surface area contributed by atoms with Gasteiger partial charge in [0.25, 0.3) is 5.56 Å². The van der Waals surface area contributed by atoms with E-state index in [1.165, 1.54) is 19.2 Å². The van der Waals surface area contributed by atoms with Crippen LogP contribution in [0.5, 0.6) is 0 Å². The van der Waals surface area contributed by atoms with E-state index in [2.05, 4.69) is 11.6 Å². The summed E-state index contributed by atoms with van der Waals surface area (Å²) in [5.74, 6) is -0.483. The van der Waals surface area contributed by atoms with E-state index < -0.39 is 47.4 Å². The molecule has 0 aromatic carbocycles. The summed E-state index contributed by atoms with van der Waals surface area (Å²) in [6.45, 7) is 5.01. The number of aryl methyl sites for hydroxylation is 1. The van der Waals surface area contributed by atoms with Crippen LogP contribution in [0.25, 0.3) is 0 Å². The second-order valence-corrected chi connectivity index (χ2v) is 5.91. The van der Waals surface area contributed by atoms with E-state index in [0.29, 0.717) is 0 Å². The highest BCUT2D eigenvalue weighted by Gasteiger charge is 2.65. The van der Waals surface area contributed by atoms with Crippen LogP contribution in [0.15, 0.2) is 28.4 Å². The third kappa shape index (κ3) is 1.91. The van der Waals surface area contributed by atoms with Crippen molar-refractivity contribution in [1.82, 2.24) is 9.55 Å². The number of nitrogens with zero attached hydrogens (tertiary/aromatic N) is 1. The number of alkyl halides is 1. The number of halogens is 1. The number of aliphatic hydroxyl groups excluding tert-OH is 1. The standard InChI is InChI=1S/C14H17FN2O5/c1-3-7-4-14(21)9(15)12(22-10(14)8(7)18)17-5-6(2)11(19)16-13(17)20/h3,5,7-10,12,18,21H,1,4H2,2H3,(H,16,19,20). The molecule has 1 aliphatic heterocycles. The molecule has 6 atom stereocenters. The molecule has 0 amide bonds. The van der Waals surface area contributed by atoms with Gasteiger partial charge in [-0.25, -0.2) is 9.18 Å². The maximum absolute atomic E-state index is 14.7. The molecule has 2 heterocycles. The average Bonchev–Trinajstić information content (AvgIpc) is 2.87. The largest absolute Gasteiger partial charge is 0.390 e. The van der Waals surface area contributed by atoms with Gasteiger partial charge in [0.05, 0.1) is 6.10 Å². The molecule has 2 fully saturated rings. The Hall–Kier alpha value is -1.77. The Morgan fingerprint density at radius 1 is 1.59 bits per heavy atom. The first-order valence-electron chi connectivity index (χ1n) is 6.94. The van der Waals surface area contributed by atoms with E-state index in [0.717, 1.165) is 4.57 Å². The van der Waals surface area contributed by atoms with E-state index in [9.17, 15) is 24.2 Å². The number of aliphatic hydroxyl groups is 2. The van der Waals surface area contributed by atoms with E-state index in [1.807, 2.05) is 0 Å². The van der Waals surface area contributed by atoms with E-state index >= 15 is 0 Å². The van der Waals surface area contributed by atoms with E-state index in [-0.39, 0.29) is 12.0 Å². The summed E-state index contributed by atoms with van der Waals surface area (Å²) in [5.41, 5.74) is -3.09. The van der Waals surface area contributed by atoms with Gasteiger partial charge in [-0.2, -0.15) is 0 Å². The molecule has 120 valence electrons. The Bertz CT molecular complexity index is 729. The lowest BCUT2D eigenvalue weighted by atomic mass is 9.94. The molecule has 8 heteroatoms. The number of nitrogens with one attached hydrogen (secondary N) is 1. The number of aromatic amines is 1. The fourth-order valence-corrected chi connectivity index (χ4v) is 3.27. The molecule has 3 N–H and O–H groups in total. The highest BCUT2D eigenvalue weighted by Crippen LogP contribution is 2.50. The van der Waals surface area contributed by atoms with Crippen LogP contribution >= 0.6 is 0 Å². The van der Waals surface area contributed by atoms with Gasteiger partial charge in [-0.3, -0.25) is 14.3 Å². The van der Waals surface area contributed by atoms with Crippen LogP contribution < -0.4 is 11.2 Å². The van der Waals surface area contributed by atoms with Gasteiger partial charge in [0, 0.05) is 17.7 Å². The van der Waals surface area contributed by atoms with Crippen molar-refractivity contribution >= 4 is 0 Å². The van der Waals surface area contributed by atoms with Crippen LogP contribution in [0.3, 0.4) is 0 Å².